The van der Waals surface area contributed by atoms with Crippen molar-refractivity contribution in [2.24, 2.45) is 0 Å². The molecular formula is C14H12F3N3OS. The first-order valence-corrected chi connectivity index (χ1v) is 7.47. The summed E-state index contributed by atoms with van der Waals surface area (Å²) in [7, 11) is 0. The van der Waals surface area contributed by atoms with Gasteiger partial charge in [0, 0.05) is 23.2 Å². The van der Waals surface area contributed by atoms with Gasteiger partial charge < -0.3 is 10.6 Å². The number of nitrogens with two attached hydrogens (primary N) is 1. The molecule has 2 N–H and O–H groups in total. The summed E-state index contributed by atoms with van der Waals surface area (Å²) in [6.45, 7) is 0.0777. The number of aryl methyl sites for hydroxylation is 1. The predicted molar refractivity (Wildman–Crippen MR) is 78.7 cm³/mol. The van der Waals surface area contributed by atoms with Gasteiger partial charge in [-0.05, 0) is 30.5 Å². The number of anilines is 2. The highest BCUT2D eigenvalue weighted by Gasteiger charge is 2.44. The van der Waals surface area contributed by atoms with Gasteiger partial charge in [0.15, 0.2) is 5.13 Å². The lowest BCUT2D eigenvalue weighted by Crippen LogP contribution is -2.43. The number of carbonyl (C=O) groups is 1. The van der Waals surface area contributed by atoms with Gasteiger partial charge in [-0.25, -0.2) is 4.98 Å². The molecule has 0 fully saturated rings. The van der Waals surface area contributed by atoms with Crippen LogP contribution in [0.25, 0.3) is 11.3 Å². The molecule has 0 unspecified atom stereocenters. The molecule has 0 saturated carbocycles. The quantitative estimate of drug-likeness (QED) is 0.875. The fourth-order valence-corrected chi connectivity index (χ4v) is 3.11. The number of benzene rings is 1. The molecule has 0 bridgehead atoms. The zero-order valence-corrected chi connectivity index (χ0v) is 12.2. The average Bonchev–Trinajstić information content (AvgIpc) is 2.91. The van der Waals surface area contributed by atoms with Crippen LogP contribution in [0.4, 0.5) is 24.0 Å². The summed E-state index contributed by atoms with van der Waals surface area (Å²) in [4.78, 5) is 16.5. The van der Waals surface area contributed by atoms with Crippen LogP contribution in [0.2, 0.25) is 0 Å². The highest BCUT2D eigenvalue weighted by molar-refractivity contribution is 7.13. The van der Waals surface area contributed by atoms with E-state index in [4.69, 9.17) is 5.73 Å². The van der Waals surface area contributed by atoms with Crippen LogP contribution in [0.3, 0.4) is 0 Å². The zero-order chi connectivity index (χ0) is 15.9. The second kappa shape index (κ2) is 5.28. The molecule has 4 nitrogen and oxygen atoms in total. The summed E-state index contributed by atoms with van der Waals surface area (Å²) in [5.74, 6) is -1.82. The second-order valence-electron chi connectivity index (χ2n) is 4.97. The summed E-state index contributed by atoms with van der Waals surface area (Å²) in [6.07, 6.45) is -3.74. The van der Waals surface area contributed by atoms with Crippen LogP contribution in [0, 0.1) is 0 Å². The number of carbonyl (C=O) groups excluding carboxylic acids is 1. The lowest BCUT2D eigenvalue weighted by Gasteiger charge is -2.30. The maximum atomic E-state index is 12.7. The Kier molecular flexibility index (Phi) is 3.56. The minimum absolute atomic E-state index is 0.0777. The molecule has 0 spiro atoms. The minimum atomic E-state index is -4.86. The summed E-state index contributed by atoms with van der Waals surface area (Å²) in [5.41, 5.74) is 8.10. The monoisotopic (exact) mass is 327 g/mol. The Morgan fingerprint density at radius 3 is 2.77 bits per heavy atom. The van der Waals surface area contributed by atoms with Crippen molar-refractivity contribution in [2.75, 3.05) is 17.2 Å². The summed E-state index contributed by atoms with van der Waals surface area (Å²) in [5, 5.41) is 2.22. The van der Waals surface area contributed by atoms with Crippen LogP contribution in [0.1, 0.15) is 12.0 Å². The van der Waals surface area contributed by atoms with E-state index in [1.165, 1.54) is 11.3 Å². The van der Waals surface area contributed by atoms with Gasteiger partial charge in [-0.15, -0.1) is 11.3 Å². The van der Waals surface area contributed by atoms with E-state index in [2.05, 4.69) is 4.98 Å². The maximum Gasteiger partial charge on any atom is 0.471 e. The zero-order valence-electron chi connectivity index (χ0n) is 11.4. The third-order valence-electron chi connectivity index (χ3n) is 3.50. The number of alkyl halides is 3. The molecule has 3 rings (SSSR count). The molecule has 2 heterocycles. The molecule has 0 aliphatic carbocycles. The lowest BCUT2D eigenvalue weighted by atomic mass is 9.98. The number of fused-ring (bicyclic) bond motifs is 1. The number of nitrogen functional groups attached to an aromatic ring is 1. The molecule has 0 saturated heterocycles. The van der Waals surface area contributed by atoms with Crippen molar-refractivity contribution in [3.63, 3.8) is 0 Å². The SMILES string of the molecule is Nc1nc(-c2ccc3c(c2)CCCN3C(=O)C(F)(F)F)cs1. The first-order chi connectivity index (χ1) is 10.4. The lowest BCUT2D eigenvalue weighted by molar-refractivity contribution is -0.170. The number of halogens is 3. The third kappa shape index (κ3) is 2.66. The van der Waals surface area contributed by atoms with Crippen LogP contribution >= 0.6 is 11.3 Å². The molecule has 1 aromatic carbocycles. The van der Waals surface area contributed by atoms with Gasteiger partial charge >= 0.3 is 12.1 Å². The van der Waals surface area contributed by atoms with E-state index in [-0.39, 0.29) is 6.54 Å². The van der Waals surface area contributed by atoms with Crippen molar-refractivity contribution in [2.45, 2.75) is 19.0 Å². The molecular weight excluding hydrogens is 315 g/mol. The average molecular weight is 327 g/mol. The Morgan fingerprint density at radius 1 is 1.36 bits per heavy atom. The highest BCUT2D eigenvalue weighted by Crippen LogP contribution is 2.34. The Balaban J connectivity index is 1.98. The molecule has 8 heteroatoms. The molecule has 0 atom stereocenters. The van der Waals surface area contributed by atoms with Gasteiger partial charge in [0.25, 0.3) is 0 Å². The molecule has 1 aliphatic heterocycles. The van der Waals surface area contributed by atoms with Crippen molar-refractivity contribution in [1.82, 2.24) is 4.98 Å². The summed E-state index contributed by atoms with van der Waals surface area (Å²) < 4.78 is 38.0. The largest absolute Gasteiger partial charge is 0.471 e. The predicted octanol–water partition coefficient (Wildman–Crippen LogP) is 3.23. The molecule has 2 aromatic rings. The van der Waals surface area contributed by atoms with Gasteiger partial charge in [-0.3, -0.25) is 4.79 Å². The Morgan fingerprint density at radius 2 is 2.14 bits per heavy atom. The van der Waals surface area contributed by atoms with E-state index >= 15 is 0 Å². The fourth-order valence-electron chi connectivity index (χ4n) is 2.54. The van der Waals surface area contributed by atoms with Crippen molar-refractivity contribution in [3.05, 3.63) is 29.1 Å². The van der Waals surface area contributed by atoms with Gasteiger partial charge in [0.2, 0.25) is 0 Å². The van der Waals surface area contributed by atoms with E-state index in [0.717, 1.165) is 10.5 Å². The van der Waals surface area contributed by atoms with Gasteiger partial charge in [0.1, 0.15) is 0 Å². The summed E-state index contributed by atoms with van der Waals surface area (Å²) in [6, 6.07) is 4.98. The Hall–Kier alpha value is -2.09. The highest BCUT2D eigenvalue weighted by atomic mass is 32.1. The number of amides is 1. The molecule has 116 valence electrons. The Labute approximate surface area is 128 Å². The number of rotatable bonds is 1. The second-order valence-corrected chi connectivity index (χ2v) is 5.86. The van der Waals surface area contributed by atoms with E-state index < -0.39 is 12.1 Å². The van der Waals surface area contributed by atoms with E-state index in [1.54, 1.807) is 23.6 Å². The van der Waals surface area contributed by atoms with Crippen molar-refractivity contribution < 1.29 is 18.0 Å². The smallest absolute Gasteiger partial charge is 0.375 e. The topological polar surface area (TPSA) is 59.2 Å². The number of hydrogen-bond acceptors (Lipinski definition) is 4. The van der Waals surface area contributed by atoms with Crippen LogP contribution in [0.15, 0.2) is 23.6 Å². The molecule has 1 amide bonds. The van der Waals surface area contributed by atoms with Crippen LogP contribution in [0.5, 0.6) is 0 Å². The van der Waals surface area contributed by atoms with Crippen LogP contribution < -0.4 is 10.6 Å². The van der Waals surface area contributed by atoms with Crippen molar-refractivity contribution in [1.29, 1.82) is 0 Å². The minimum Gasteiger partial charge on any atom is -0.375 e. The first-order valence-electron chi connectivity index (χ1n) is 6.59. The third-order valence-corrected chi connectivity index (χ3v) is 4.18. The number of aromatic nitrogens is 1. The maximum absolute atomic E-state index is 12.7. The van der Waals surface area contributed by atoms with E-state index in [9.17, 15) is 18.0 Å². The number of thiazole rings is 1. The van der Waals surface area contributed by atoms with Crippen molar-refractivity contribution >= 4 is 28.1 Å². The van der Waals surface area contributed by atoms with Crippen LogP contribution in [-0.4, -0.2) is 23.6 Å². The standard InChI is InChI=1S/C14H12F3N3OS/c15-14(16,17)12(21)20-5-1-2-9-6-8(3-4-11(9)20)10-7-22-13(18)19-10/h3-4,6-7H,1-2,5H2,(H2,18,19). The van der Waals surface area contributed by atoms with Gasteiger partial charge in [0.05, 0.1) is 5.69 Å². The van der Waals surface area contributed by atoms with Crippen molar-refractivity contribution in [3.8, 4) is 11.3 Å². The molecule has 22 heavy (non-hydrogen) atoms. The summed E-state index contributed by atoms with van der Waals surface area (Å²) >= 11 is 1.30. The van der Waals surface area contributed by atoms with Crippen LogP contribution in [-0.2, 0) is 11.2 Å². The molecule has 0 radical (unpaired) electrons. The first kappa shape index (κ1) is 14.8. The van der Waals surface area contributed by atoms with Gasteiger partial charge in [-0.1, -0.05) is 6.07 Å². The van der Waals surface area contributed by atoms with E-state index in [1.807, 2.05) is 0 Å². The Bertz CT molecular complexity index is 726. The van der Waals surface area contributed by atoms with E-state index in [0.29, 0.717) is 34.9 Å². The fraction of sp³-hybridized carbons (Fsp3) is 0.286. The molecule has 1 aliphatic rings. The number of hydrogen-bond donors (Lipinski definition) is 1. The molecule has 1 aromatic heterocycles. The normalized spacial score (nSPS) is 14.8. The number of nitrogens with zero attached hydrogens (tertiary/aromatic N) is 2. The van der Waals surface area contributed by atoms with Gasteiger partial charge in [-0.2, -0.15) is 13.2 Å².